The predicted octanol–water partition coefficient (Wildman–Crippen LogP) is 0.329. The number of amides is 1. The van der Waals surface area contributed by atoms with Crippen molar-refractivity contribution in [3.63, 3.8) is 0 Å². The zero-order valence-electron chi connectivity index (χ0n) is 11.5. The summed E-state index contributed by atoms with van der Waals surface area (Å²) in [7, 11) is 1.82. The zero-order valence-corrected chi connectivity index (χ0v) is 12.3. The lowest BCUT2D eigenvalue weighted by Crippen LogP contribution is -2.40. The molecule has 0 atom stereocenters. The summed E-state index contributed by atoms with van der Waals surface area (Å²) in [6.07, 6.45) is 3.70. The van der Waals surface area contributed by atoms with Crippen LogP contribution in [0.15, 0.2) is 5.16 Å². The summed E-state index contributed by atoms with van der Waals surface area (Å²) in [5.74, 6) is 0.890. The number of tetrazole rings is 1. The molecule has 1 amide bonds. The molecule has 7 nitrogen and oxygen atoms in total. The van der Waals surface area contributed by atoms with Gasteiger partial charge in [0.15, 0.2) is 0 Å². The van der Waals surface area contributed by atoms with Crippen LogP contribution in [0.5, 0.6) is 0 Å². The number of aliphatic hydroxyl groups excluding tert-OH is 1. The Morgan fingerprint density at radius 2 is 2.25 bits per heavy atom. The van der Waals surface area contributed by atoms with Crippen LogP contribution < -0.4 is 0 Å². The Kier molecular flexibility index (Phi) is 3.93. The summed E-state index contributed by atoms with van der Waals surface area (Å²) in [5.41, 5.74) is 0. The number of thioether (sulfide) groups is 1. The maximum absolute atomic E-state index is 12.1. The average Bonchev–Trinajstić information content (AvgIpc) is 3.13. The van der Waals surface area contributed by atoms with Crippen LogP contribution in [0.2, 0.25) is 0 Å². The van der Waals surface area contributed by atoms with Gasteiger partial charge >= 0.3 is 0 Å². The summed E-state index contributed by atoms with van der Waals surface area (Å²) < 4.78 is 1.82. The molecule has 2 aliphatic carbocycles. The molecule has 3 rings (SSSR count). The fourth-order valence-electron chi connectivity index (χ4n) is 2.40. The quantitative estimate of drug-likeness (QED) is 0.762. The number of aromatic nitrogens is 4. The van der Waals surface area contributed by atoms with Gasteiger partial charge in [-0.1, -0.05) is 11.8 Å². The van der Waals surface area contributed by atoms with E-state index in [4.69, 9.17) is 0 Å². The van der Waals surface area contributed by atoms with Gasteiger partial charge in [-0.25, -0.2) is 4.68 Å². The minimum absolute atomic E-state index is 0.0849. The summed E-state index contributed by atoms with van der Waals surface area (Å²) in [6, 6.07) is 0.428. The molecule has 2 fully saturated rings. The molecular formula is C12H19N5O2S. The van der Waals surface area contributed by atoms with E-state index >= 15 is 0 Å². The molecular weight excluding hydrogens is 278 g/mol. The van der Waals surface area contributed by atoms with Crippen molar-refractivity contribution in [2.45, 2.75) is 43.0 Å². The fraction of sp³-hybridized carbons (Fsp3) is 0.833. The minimum atomic E-state index is -0.166. The first-order valence-electron chi connectivity index (χ1n) is 6.96. The number of rotatable bonds is 6. The van der Waals surface area contributed by atoms with E-state index in [2.05, 4.69) is 15.5 Å². The Balaban J connectivity index is 1.45. The standard InChI is InChI=1S/C12H19N5O2S/c1-16(6-8-4-10(18)5-8)11(19)7-20-12-13-14-15-17(12)9-2-3-9/h8-10,18H,2-7H2,1H3. The van der Waals surface area contributed by atoms with E-state index in [1.165, 1.54) is 11.8 Å². The van der Waals surface area contributed by atoms with Gasteiger partial charge < -0.3 is 10.0 Å². The van der Waals surface area contributed by atoms with Crippen molar-refractivity contribution in [3.05, 3.63) is 0 Å². The molecule has 20 heavy (non-hydrogen) atoms. The highest BCUT2D eigenvalue weighted by Crippen LogP contribution is 2.36. The molecule has 8 heteroatoms. The van der Waals surface area contributed by atoms with E-state index < -0.39 is 0 Å². The first-order valence-corrected chi connectivity index (χ1v) is 7.94. The highest BCUT2D eigenvalue weighted by atomic mass is 32.2. The van der Waals surface area contributed by atoms with Gasteiger partial charge in [0.2, 0.25) is 11.1 Å². The van der Waals surface area contributed by atoms with Crippen molar-refractivity contribution >= 4 is 17.7 Å². The van der Waals surface area contributed by atoms with Crippen LogP contribution in [0.3, 0.4) is 0 Å². The predicted molar refractivity (Wildman–Crippen MR) is 73.2 cm³/mol. The number of aliphatic hydroxyl groups is 1. The third-order valence-electron chi connectivity index (χ3n) is 3.85. The largest absolute Gasteiger partial charge is 0.393 e. The fourth-order valence-corrected chi connectivity index (χ4v) is 3.29. The number of nitrogens with zero attached hydrogens (tertiary/aromatic N) is 5. The van der Waals surface area contributed by atoms with Crippen molar-refractivity contribution in [2.75, 3.05) is 19.3 Å². The molecule has 1 aromatic rings. The van der Waals surface area contributed by atoms with Crippen LogP contribution >= 0.6 is 11.8 Å². The Bertz CT molecular complexity index is 484. The van der Waals surface area contributed by atoms with Gasteiger partial charge in [0.1, 0.15) is 0 Å². The van der Waals surface area contributed by atoms with E-state index in [9.17, 15) is 9.90 Å². The molecule has 0 unspecified atom stereocenters. The second-order valence-corrected chi connectivity index (χ2v) is 6.63. The monoisotopic (exact) mass is 297 g/mol. The third-order valence-corrected chi connectivity index (χ3v) is 4.77. The average molecular weight is 297 g/mol. The molecule has 0 aliphatic heterocycles. The van der Waals surface area contributed by atoms with Crippen LogP contribution in [0.4, 0.5) is 0 Å². The van der Waals surface area contributed by atoms with Gasteiger partial charge in [-0.3, -0.25) is 4.79 Å². The highest BCUT2D eigenvalue weighted by molar-refractivity contribution is 7.99. The molecule has 110 valence electrons. The van der Waals surface area contributed by atoms with Crippen LogP contribution in [-0.2, 0) is 4.79 Å². The van der Waals surface area contributed by atoms with Gasteiger partial charge in [0, 0.05) is 13.6 Å². The van der Waals surface area contributed by atoms with Gasteiger partial charge in [-0.05, 0) is 42.0 Å². The highest BCUT2D eigenvalue weighted by Gasteiger charge is 2.30. The molecule has 1 heterocycles. The first-order chi connectivity index (χ1) is 9.63. The van der Waals surface area contributed by atoms with E-state index in [0.717, 1.165) is 37.4 Å². The first kappa shape index (κ1) is 13.8. The smallest absolute Gasteiger partial charge is 0.232 e. The van der Waals surface area contributed by atoms with Gasteiger partial charge in [0.05, 0.1) is 17.9 Å². The molecule has 0 aromatic carbocycles. The van der Waals surface area contributed by atoms with Gasteiger partial charge in [-0.2, -0.15) is 0 Å². The minimum Gasteiger partial charge on any atom is -0.393 e. The van der Waals surface area contributed by atoms with Crippen LogP contribution in [0.1, 0.15) is 31.7 Å². The maximum atomic E-state index is 12.1. The van der Waals surface area contributed by atoms with Crippen molar-refractivity contribution < 1.29 is 9.90 Å². The SMILES string of the molecule is CN(CC1CC(O)C1)C(=O)CSc1nnnn1C1CC1. The van der Waals surface area contributed by atoms with E-state index in [-0.39, 0.29) is 12.0 Å². The van der Waals surface area contributed by atoms with E-state index in [1.807, 2.05) is 11.7 Å². The zero-order chi connectivity index (χ0) is 14.1. The lowest BCUT2D eigenvalue weighted by molar-refractivity contribution is -0.128. The van der Waals surface area contributed by atoms with Crippen molar-refractivity contribution in [1.82, 2.24) is 25.1 Å². The molecule has 0 spiro atoms. The molecule has 0 saturated heterocycles. The molecule has 0 bridgehead atoms. The van der Waals surface area contributed by atoms with Gasteiger partial charge in [0.25, 0.3) is 0 Å². The second-order valence-electron chi connectivity index (χ2n) is 5.69. The number of carbonyl (C=O) groups is 1. The molecule has 2 saturated carbocycles. The Hall–Kier alpha value is -1.15. The van der Waals surface area contributed by atoms with Crippen molar-refractivity contribution in [3.8, 4) is 0 Å². The van der Waals surface area contributed by atoms with E-state index in [0.29, 0.717) is 17.7 Å². The van der Waals surface area contributed by atoms with Gasteiger partial charge in [-0.15, -0.1) is 5.10 Å². The lowest BCUT2D eigenvalue weighted by atomic mass is 9.82. The summed E-state index contributed by atoms with van der Waals surface area (Å²) >= 11 is 1.40. The van der Waals surface area contributed by atoms with Crippen molar-refractivity contribution in [1.29, 1.82) is 0 Å². The number of carbonyl (C=O) groups excluding carboxylic acids is 1. The molecule has 1 aromatic heterocycles. The number of hydrogen-bond acceptors (Lipinski definition) is 6. The van der Waals surface area contributed by atoms with Crippen molar-refractivity contribution in [2.24, 2.45) is 5.92 Å². The second kappa shape index (κ2) is 5.69. The molecule has 0 radical (unpaired) electrons. The lowest BCUT2D eigenvalue weighted by Gasteiger charge is -2.34. The van der Waals surface area contributed by atoms with Crippen LogP contribution in [-0.4, -0.2) is 61.6 Å². The summed E-state index contributed by atoms with van der Waals surface area (Å²) in [4.78, 5) is 13.8. The molecule has 1 N–H and O–H groups in total. The van der Waals surface area contributed by atoms with E-state index in [1.54, 1.807) is 4.90 Å². The van der Waals surface area contributed by atoms with Crippen LogP contribution in [0, 0.1) is 5.92 Å². The number of hydrogen-bond donors (Lipinski definition) is 1. The summed E-state index contributed by atoms with van der Waals surface area (Å²) in [6.45, 7) is 0.726. The Morgan fingerprint density at radius 3 is 2.90 bits per heavy atom. The Labute approximate surface area is 121 Å². The third kappa shape index (κ3) is 3.12. The topological polar surface area (TPSA) is 84.1 Å². The molecule has 2 aliphatic rings. The maximum Gasteiger partial charge on any atom is 0.232 e. The summed E-state index contributed by atoms with van der Waals surface area (Å²) in [5, 5.41) is 21.6. The van der Waals surface area contributed by atoms with Crippen LogP contribution in [0.25, 0.3) is 0 Å². The normalized spacial score (nSPS) is 25.3. The Morgan fingerprint density at radius 1 is 1.50 bits per heavy atom.